The maximum absolute atomic E-state index is 13.6. The van der Waals surface area contributed by atoms with E-state index in [0.29, 0.717) is 6.07 Å². The van der Waals surface area contributed by atoms with Crippen molar-refractivity contribution in [2.45, 2.75) is 13.0 Å². The Morgan fingerprint density at radius 2 is 1.76 bits per heavy atom. The average Bonchev–Trinajstić information content (AvgIpc) is 2.93. The molecule has 0 unspecified atom stereocenters. The lowest BCUT2D eigenvalue weighted by molar-refractivity contribution is -0.152. The molecule has 0 bridgehead atoms. The van der Waals surface area contributed by atoms with Crippen molar-refractivity contribution in [3.05, 3.63) is 59.4 Å². The molecular weight excluding hydrogens is 393 g/mol. The van der Waals surface area contributed by atoms with Crippen LogP contribution in [0.1, 0.15) is 17.3 Å². The van der Waals surface area contributed by atoms with Crippen molar-refractivity contribution in [3.63, 3.8) is 0 Å². The van der Waals surface area contributed by atoms with E-state index in [1.54, 1.807) is 12.1 Å². The summed E-state index contributed by atoms with van der Waals surface area (Å²) in [5, 5.41) is 1.98. The van der Waals surface area contributed by atoms with Crippen LogP contribution in [0.25, 0.3) is 0 Å². The van der Waals surface area contributed by atoms with Gasteiger partial charge in [-0.1, -0.05) is 12.1 Å². The zero-order valence-corrected chi connectivity index (χ0v) is 14.9. The highest BCUT2D eigenvalue weighted by Crippen LogP contribution is 2.28. The van der Waals surface area contributed by atoms with Gasteiger partial charge in [0.25, 0.3) is 17.6 Å². The number of para-hydroxylation sites is 1. The minimum absolute atomic E-state index is 0.143. The van der Waals surface area contributed by atoms with Crippen molar-refractivity contribution in [3.8, 4) is 0 Å². The molecule has 0 aromatic heterocycles. The van der Waals surface area contributed by atoms with E-state index < -0.39 is 59.4 Å². The zero-order valence-electron chi connectivity index (χ0n) is 14.9. The van der Waals surface area contributed by atoms with Crippen molar-refractivity contribution < 1.29 is 37.1 Å². The fourth-order valence-electron chi connectivity index (χ4n) is 2.68. The second-order valence-corrected chi connectivity index (χ2v) is 6.08. The van der Waals surface area contributed by atoms with Gasteiger partial charge in [-0.15, -0.1) is 0 Å². The van der Waals surface area contributed by atoms with E-state index >= 15 is 0 Å². The van der Waals surface area contributed by atoms with E-state index in [1.807, 2.05) is 5.32 Å². The SMILES string of the molecule is C[C@@H](OC(=O)CN1C(=O)C(=O)c2ccccc21)C(=O)Nc1ccc(F)c(F)c1F. The van der Waals surface area contributed by atoms with Gasteiger partial charge in [-0.05, 0) is 31.2 Å². The number of anilines is 2. The number of nitrogens with zero attached hydrogens (tertiary/aromatic N) is 1. The number of ketones is 1. The lowest BCUT2D eigenvalue weighted by atomic mass is 10.1. The number of hydrogen-bond donors (Lipinski definition) is 1. The Bertz CT molecular complexity index is 1040. The Labute approximate surface area is 162 Å². The molecule has 150 valence electrons. The number of amides is 2. The van der Waals surface area contributed by atoms with Crippen LogP contribution in [-0.2, 0) is 19.1 Å². The number of Topliss-reactive ketones (excluding diaryl/α,β-unsaturated/α-hetero) is 1. The summed E-state index contributed by atoms with van der Waals surface area (Å²) in [5.74, 6) is -8.48. The summed E-state index contributed by atoms with van der Waals surface area (Å²) in [6.45, 7) is 0.536. The number of hydrogen-bond acceptors (Lipinski definition) is 5. The summed E-state index contributed by atoms with van der Waals surface area (Å²) in [5.41, 5.74) is -0.253. The van der Waals surface area contributed by atoms with Gasteiger partial charge < -0.3 is 10.1 Å². The summed E-state index contributed by atoms with van der Waals surface area (Å²) in [4.78, 5) is 49.0. The first-order valence-corrected chi connectivity index (χ1v) is 8.29. The molecule has 0 fully saturated rings. The van der Waals surface area contributed by atoms with Crippen LogP contribution in [0.4, 0.5) is 24.5 Å². The maximum atomic E-state index is 13.6. The molecule has 3 rings (SSSR count). The first-order valence-electron chi connectivity index (χ1n) is 8.29. The third-order valence-corrected chi connectivity index (χ3v) is 4.14. The van der Waals surface area contributed by atoms with Crippen molar-refractivity contribution in [2.24, 2.45) is 0 Å². The zero-order chi connectivity index (χ0) is 21.3. The van der Waals surface area contributed by atoms with Crippen LogP contribution in [0, 0.1) is 17.5 Å². The third kappa shape index (κ3) is 3.82. The largest absolute Gasteiger partial charge is 0.451 e. The second-order valence-electron chi connectivity index (χ2n) is 6.08. The monoisotopic (exact) mass is 406 g/mol. The van der Waals surface area contributed by atoms with Crippen LogP contribution in [0.15, 0.2) is 36.4 Å². The van der Waals surface area contributed by atoms with Crippen LogP contribution in [0.3, 0.4) is 0 Å². The van der Waals surface area contributed by atoms with Crippen LogP contribution >= 0.6 is 0 Å². The topological polar surface area (TPSA) is 92.8 Å². The smallest absolute Gasteiger partial charge is 0.326 e. The van der Waals surface area contributed by atoms with E-state index in [0.717, 1.165) is 17.9 Å². The number of esters is 1. The summed E-state index contributed by atoms with van der Waals surface area (Å²) in [6.07, 6.45) is -1.45. The molecule has 2 aromatic rings. The number of halogens is 3. The normalized spacial score (nSPS) is 13.9. The molecule has 2 amide bonds. The summed E-state index contributed by atoms with van der Waals surface area (Å²) < 4.78 is 44.7. The van der Waals surface area contributed by atoms with Gasteiger partial charge in [0.1, 0.15) is 6.54 Å². The highest BCUT2D eigenvalue weighted by Gasteiger charge is 2.37. The molecule has 1 N–H and O–H groups in total. The fourth-order valence-corrected chi connectivity index (χ4v) is 2.68. The van der Waals surface area contributed by atoms with Crippen molar-refractivity contribution in [2.75, 3.05) is 16.8 Å². The first kappa shape index (κ1) is 20.1. The van der Waals surface area contributed by atoms with Crippen LogP contribution in [0.2, 0.25) is 0 Å². The van der Waals surface area contributed by atoms with Gasteiger partial charge in [-0.25, -0.2) is 13.2 Å². The summed E-state index contributed by atoms with van der Waals surface area (Å²) >= 11 is 0. The predicted octanol–water partition coefficient (Wildman–Crippen LogP) is 2.20. The number of carbonyl (C=O) groups is 4. The molecule has 1 aliphatic heterocycles. The van der Waals surface area contributed by atoms with E-state index in [4.69, 9.17) is 4.74 Å². The van der Waals surface area contributed by atoms with Crippen LogP contribution < -0.4 is 10.2 Å². The van der Waals surface area contributed by atoms with E-state index in [-0.39, 0.29) is 11.3 Å². The van der Waals surface area contributed by atoms with Crippen molar-refractivity contribution in [1.82, 2.24) is 0 Å². The van der Waals surface area contributed by atoms with Gasteiger partial charge in [-0.3, -0.25) is 24.1 Å². The predicted molar refractivity (Wildman–Crippen MR) is 93.6 cm³/mol. The molecule has 0 spiro atoms. The van der Waals surface area contributed by atoms with Gasteiger partial charge >= 0.3 is 5.97 Å². The Morgan fingerprint density at radius 3 is 2.48 bits per heavy atom. The Hall–Kier alpha value is -3.69. The highest BCUT2D eigenvalue weighted by molar-refractivity contribution is 6.52. The van der Waals surface area contributed by atoms with E-state index in [1.165, 1.54) is 12.1 Å². The van der Waals surface area contributed by atoms with Crippen molar-refractivity contribution in [1.29, 1.82) is 0 Å². The number of rotatable bonds is 5. The molecule has 2 aromatic carbocycles. The minimum atomic E-state index is -1.76. The lowest BCUT2D eigenvalue weighted by Crippen LogP contribution is -2.38. The third-order valence-electron chi connectivity index (χ3n) is 4.14. The van der Waals surface area contributed by atoms with Gasteiger partial charge in [0.05, 0.1) is 16.9 Å². The molecule has 1 atom stereocenters. The number of nitrogens with one attached hydrogen (secondary N) is 1. The van der Waals surface area contributed by atoms with Gasteiger partial charge in [0.15, 0.2) is 23.6 Å². The van der Waals surface area contributed by atoms with Gasteiger partial charge in [0.2, 0.25) is 0 Å². The molecule has 10 heteroatoms. The minimum Gasteiger partial charge on any atom is -0.451 e. The van der Waals surface area contributed by atoms with Gasteiger partial charge in [0, 0.05) is 0 Å². The molecule has 0 aliphatic carbocycles. The molecule has 29 heavy (non-hydrogen) atoms. The molecular formula is C19H13F3N2O5. The van der Waals surface area contributed by atoms with E-state index in [2.05, 4.69) is 0 Å². The Morgan fingerprint density at radius 1 is 1.07 bits per heavy atom. The maximum Gasteiger partial charge on any atom is 0.326 e. The summed E-state index contributed by atoms with van der Waals surface area (Å²) in [6, 6.07) is 7.50. The Balaban J connectivity index is 1.64. The molecule has 7 nitrogen and oxygen atoms in total. The number of benzene rings is 2. The molecule has 0 radical (unpaired) electrons. The lowest BCUT2D eigenvalue weighted by Gasteiger charge is -2.18. The second kappa shape index (κ2) is 7.74. The fraction of sp³-hybridized carbons (Fsp3) is 0.158. The highest BCUT2D eigenvalue weighted by atomic mass is 19.2. The summed E-state index contributed by atoms with van der Waals surface area (Å²) in [7, 11) is 0. The molecule has 0 saturated heterocycles. The first-order chi connectivity index (χ1) is 13.7. The van der Waals surface area contributed by atoms with E-state index in [9.17, 15) is 32.3 Å². The van der Waals surface area contributed by atoms with Crippen molar-refractivity contribution >= 4 is 34.9 Å². The quantitative estimate of drug-likeness (QED) is 0.467. The Kier molecular flexibility index (Phi) is 5.35. The average molecular weight is 406 g/mol. The number of fused-ring (bicyclic) bond motifs is 1. The number of ether oxygens (including phenoxy) is 1. The van der Waals surface area contributed by atoms with Gasteiger partial charge in [-0.2, -0.15) is 0 Å². The van der Waals surface area contributed by atoms with Crippen LogP contribution in [0.5, 0.6) is 0 Å². The molecule has 1 aliphatic rings. The number of carbonyl (C=O) groups excluding carboxylic acids is 4. The molecule has 0 saturated carbocycles. The molecule has 1 heterocycles. The van der Waals surface area contributed by atoms with Crippen LogP contribution in [-0.4, -0.2) is 36.2 Å². The standard InChI is InChI=1S/C19H13F3N2O5/c1-9(18(27)23-12-7-6-11(20)15(21)16(12)22)29-14(25)8-24-13-5-3-2-4-10(13)17(26)19(24)28/h2-7,9H,8H2,1H3,(H,23,27)/t9-/m1/s1.